The van der Waals surface area contributed by atoms with Gasteiger partial charge in [-0.25, -0.2) is 4.79 Å². The number of aromatic nitrogens is 1. The summed E-state index contributed by atoms with van der Waals surface area (Å²) >= 11 is 0. The second-order valence-electron chi connectivity index (χ2n) is 8.68. The Morgan fingerprint density at radius 2 is 1.74 bits per heavy atom. The maximum atomic E-state index is 12.4. The minimum atomic E-state index is -0.691. The molecule has 0 bridgehead atoms. The zero-order chi connectivity index (χ0) is 24.1. The van der Waals surface area contributed by atoms with E-state index in [0.29, 0.717) is 24.9 Å². The average Bonchev–Trinajstić information content (AvgIpc) is 3.16. The molecule has 0 spiro atoms. The van der Waals surface area contributed by atoms with Crippen molar-refractivity contribution in [1.82, 2.24) is 10.3 Å². The van der Waals surface area contributed by atoms with E-state index in [0.717, 1.165) is 16.7 Å². The second kappa shape index (κ2) is 10.5. The van der Waals surface area contributed by atoms with E-state index in [1.54, 1.807) is 12.3 Å². The molecule has 2 aromatic carbocycles. The van der Waals surface area contributed by atoms with Crippen LogP contribution in [0, 0.1) is 6.92 Å². The largest absolute Gasteiger partial charge is 0.449 e. The van der Waals surface area contributed by atoms with Gasteiger partial charge in [-0.1, -0.05) is 48.5 Å². The fourth-order valence-corrected chi connectivity index (χ4v) is 4.43. The molecular formula is C27H29N3O4. The zero-order valence-electron chi connectivity index (χ0n) is 19.2. The first-order valence-electron chi connectivity index (χ1n) is 11.5. The first-order chi connectivity index (χ1) is 16.4. The summed E-state index contributed by atoms with van der Waals surface area (Å²) in [4.78, 5) is 39.1. The number of nitrogens with two attached hydrogens (primary N) is 1. The van der Waals surface area contributed by atoms with Crippen molar-refractivity contribution < 1.29 is 14.3 Å². The summed E-state index contributed by atoms with van der Waals surface area (Å²) in [5, 5.41) is 2.73. The summed E-state index contributed by atoms with van der Waals surface area (Å²) in [7, 11) is 0. The predicted octanol–water partition coefficient (Wildman–Crippen LogP) is 3.44. The van der Waals surface area contributed by atoms with Crippen molar-refractivity contribution in [3.05, 3.63) is 93.4 Å². The maximum absolute atomic E-state index is 12.4. The number of amides is 1. The number of Topliss-reactive ketones (excluding diaryl/α,β-unsaturated/α-hetero) is 1. The lowest BCUT2D eigenvalue weighted by molar-refractivity contribution is -0.119. The summed E-state index contributed by atoms with van der Waals surface area (Å²) in [6, 6.07) is 17.4. The molecule has 7 nitrogen and oxygen atoms in total. The first-order valence-corrected chi connectivity index (χ1v) is 11.5. The number of rotatable bonds is 9. The molecule has 1 aliphatic carbocycles. The van der Waals surface area contributed by atoms with Gasteiger partial charge >= 0.3 is 6.09 Å². The molecule has 176 valence electrons. The molecule has 1 amide bonds. The summed E-state index contributed by atoms with van der Waals surface area (Å²) in [5.74, 6) is -0.189. The number of ether oxygens (including phenoxy) is 1. The number of aryl methyl sites for hydroxylation is 1. The van der Waals surface area contributed by atoms with Crippen molar-refractivity contribution in [2.75, 3.05) is 13.2 Å². The van der Waals surface area contributed by atoms with Gasteiger partial charge in [-0.2, -0.15) is 0 Å². The number of benzene rings is 2. The standard InChI is InChI=1S/C27H29N3O4/c1-17-13-18(26(32)30-15-17)14-25(31)24(28)11-6-12-29-27(33)34-16-23-21-9-4-2-7-19(21)20-8-3-5-10-22(20)23/h2-5,7-10,13,15,23-24H,6,11-12,14,16,28H2,1H3,(H,29,33)(H,30,32)/t24-/m0/s1. The van der Waals surface area contributed by atoms with Gasteiger partial charge in [0.05, 0.1) is 6.04 Å². The number of pyridine rings is 1. The van der Waals surface area contributed by atoms with Crippen molar-refractivity contribution in [1.29, 1.82) is 0 Å². The Morgan fingerprint density at radius 1 is 1.09 bits per heavy atom. The van der Waals surface area contributed by atoms with Crippen molar-refractivity contribution in [3.8, 4) is 11.1 Å². The van der Waals surface area contributed by atoms with Gasteiger partial charge in [-0.15, -0.1) is 0 Å². The monoisotopic (exact) mass is 459 g/mol. The topological polar surface area (TPSA) is 114 Å². The molecule has 4 rings (SSSR count). The van der Waals surface area contributed by atoms with E-state index >= 15 is 0 Å². The SMILES string of the molecule is Cc1c[nH]c(=O)c(CC(=O)[C@@H](N)CCCNC(=O)OCC2c3ccccc3-c3ccccc32)c1. The Bertz CT molecular complexity index is 1200. The zero-order valence-corrected chi connectivity index (χ0v) is 19.2. The second-order valence-corrected chi connectivity index (χ2v) is 8.68. The van der Waals surface area contributed by atoms with Gasteiger partial charge in [-0.05, 0) is 53.6 Å². The highest BCUT2D eigenvalue weighted by atomic mass is 16.5. The minimum absolute atomic E-state index is 0.00200. The lowest BCUT2D eigenvalue weighted by Gasteiger charge is -2.15. The van der Waals surface area contributed by atoms with Gasteiger partial charge in [0.1, 0.15) is 6.61 Å². The fourth-order valence-electron chi connectivity index (χ4n) is 4.43. The normalized spacial score (nSPS) is 13.1. The van der Waals surface area contributed by atoms with Crippen LogP contribution < -0.4 is 16.6 Å². The molecule has 0 saturated carbocycles. The fraction of sp³-hybridized carbons (Fsp3) is 0.296. The third kappa shape index (κ3) is 5.26. The summed E-state index contributed by atoms with van der Waals surface area (Å²) in [6.45, 7) is 2.45. The van der Waals surface area contributed by atoms with E-state index in [4.69, 9.17) is 10.5 Å². The molecule has 0 unspecified atom stereocenters. The molecule has 7 heteroatoms. The van der Waals surface area contributed by atoms with Crippen LogP contribution in [0.2, 0.25) is 0 Å². The molecule has 1 atom stereocenters. The van der Waals surface area contributed by atoms with Crippen LogP contribution in [0.3, 0.4) is 0 Å². The highest BCUT2D eigenvalue weighted by Gasteiger charge is 2.29. The van der Waals surface area contributed by atoms with Crippen LogP contribution in [0.25, 0.3) is 11.1 Å². The van der Waals surface area contributed by atoms with E-state index in [1.807, 2.05) is 31.2 Å². The molecule has 4 N–H and O–H groups in total. The number of aromatic amines is 1. The molecule has 3 aromatic rings. The number of nitrogens with one attached hydrogen (secondary N) is 2. The molecule has 1 aromatic heterocycles. The molecule has 0 saturated heterocycles. The van der Waals surface area contributed by atoms with Crippen LogP contribution >= 0.6 is 0 Å². The number of ketones is 1. The number of fused-ring (bicyclic) bond motifs is 3. The van der Waals surface area contributed by atoms with E-state index < -0.39 is 12.1 Å². The number of hydrogen-bond donors (Lipinski definition) is 3. The van der Waals surface area contributed by atoms with E-state index in [9.17, 15) is 14.4 Å². The van der Waals surface area contributed by atoms with Gasteiger partial charge in [0, 0.05) is 30.6 Å². The Hall–Kier alpha value is -3.71. The number of hydrogen-bond acceptors (Lipinski definition) is 5. The van der Waals surface area contributed by atoms with Gasteiger partial charge in [0.15, 0.2) is 5.78 Å². The van der Waals surface area contributed by atoms with Gasteiger partial charge in [0.25, 0.3) is 5.56 Å². The first kappa shape index (κ1) is 23.4. The average molecular weight is 460 g/mol. The van der Waals surface area contributed by atoms with Crippen molar-refractivity contribution >= 4 is 11.9 Å². The highest BCUT2D eigenvalue weighted by molar-refractivity contribution is 5.85. The Kier molecular flexibility index (Phi) is 7.23. The molecule has 0 aliphatic heterocycles. The Morgan fingerprint density at radius 3 is 2.41 bits per heavy atom. The molecule has 0 fully saturated rings. The van der Waals surface area contributed by atoms with E-state index in [1.165, 1.54) is 11.1 Å². The minimum Gasteiger partial charge on any atom is -0.449 e. The van der Waals surface area contributed by atoms with Crippen LogP contribution in [0.5, 0.6) is 0 Å². The summed E-state index contributed by atoms with van der Waals surface area (Å²) in [6.07, 6.45) is 2.05. The number of carbonyl (C=O) groups excluding carboxylic acids is 2. The highest BCUT2D eigenvalue weighted by Crippen LogP contribution is 2.44. The van der Waals surface area contributed by atoms with Gasteiger partial charge in [0.2, 0.25) is 0 Å². The van der Waals surface area contributed by atoms with Crippen LogP contribution in [0.4, 0.5) is 4.79 Å². The molecule has 34 heavy (non-hydrogen) atoms. The van der Waals surface area contributed by atoms with E-state index in [2.05, 4.69) is 34.6 Å². The van der Waals surface area contributed by atoms with Crippen molar-refractivity contribution in [3.63, 3.8) is 0 Å². The lowest BCUT2D eigenvalue weighted by Crippen LogP contribution is -2.34. The third-order valence-electron chi connectivity index (χ3n) is 6.21. The van der Waals surface area contributed by atoms with Gasteiger partial charge < -0.3 is 20.8 Å². The summed E-state index contributed by atoms with van der Waals surface area (Å²) in [5.41, 5.74) is 11.7. The summed E-state index contributed by atoms with van der Waals surface area (Å²) < 4.78 is 5.51. The molecule has 0 radical (unpaired) electrons. The molecule has 1 aliphatic rings. The van der Waals surface area contributed by atoms with Crippen LogP contribution in [-0.2, 0) is 16.0 Å². The lowest BCUT2D eigenvalue weighted by atomic mass is 9.98. The van der Waals surface area contributed by atoms with E-state index in [-0.39, 0.29) is 30.3 Å². The number of carbonyl (C=O) groups is 2. The maximum Gasteiger partial charge on any atom is 0.407 e. The number of H-pyrrole nitrogens is 1. The molecule has 1 heterocycles. The van der Waals surface area contributed by atoms with Gasteiger partial charge in [-0.3, -0.25) is 9.59 Å². The van der Waals surface area contributed by atoms with Crippen molar-refractivity contribution in [2.24, 2.45) is 5.73 Å². The Balaban J connectivity index is 1.21. The number of alkyl carbamates (subject to hydrolysis) is 1. The van der Waals surface area contributed by atoms with Crippen molar-refractivity contribution in [2.45, 2.75) is 38.1 Å². The molecular weight excluding hydrogens is 430 g/mol. The predicted molar refractivity (Wildman–Crippen MR) is 131 cm³/mol. The van der Waals surface area contributed by atoms with Crippen LogP contribution in [-0.4, -0.2) is 36.1 Å². The third-order valence-corrected chi connectivity index (χ3v) is 6.21. The van der Waals surface area contributed by atoms with Crippen LogP contribution in [0.15, 0.2) is 65.6 Å². The quantitative estimate of drug-likeness (QED) is 0.424. The van der Waals surface area contributed by atoms with Crippen LogP contribution in [0.1, 0.15) is 41.0 Å². The smallest absolute Gasteiger partial charge is 0.407 e. The Labute approximate surface area is 198 Å².